The topological polar surface area (TPSA) is 185 Å². The molecule has 1 amide bonds. The minimum atomic E-state index is -4.46. The summed E-state index contributed by atoms with van der Waals surface area (Å²) < 4.78 is 61.8. The van der Waals surface area contributed by atoms with Crippen molar-refractivity contribution in [2.45, 2.75) is 59.9 Å². The van der Waals surface area contributed by atoms with Crippen molar-refractivity contribution in [3.63, 3.8) is 0 Å². The first-order chi connectivity index (χ1) is 22.6. The molecule has 0 radical (unpaired) electrons. The molecule has 2 aromatic heterocycles. The Kier molecular flexibility index (Phi) is 9.59. The van der Waals surface area contributed by atoms with Gasteiger partial charge in [0.1, 0.15) is 5.82 Å². The van der Waals surface area contributed by atoms with E-state index in [9.17, 15) is 23.3 Å². The number of aromatic nitrogens is 4. The van der Waals surface area contributed by atoms with Crippen LogP contribution in [-0.4, -0.2) is 65.7 Å². The summed E-state index contributed by atoms with van der Waals surface area (Å²) in [6, 6.07) is 8.11. The van der Waals surface area contributed by atoms with Crippen LogP contribution < -0.4 is 20.3 Å². The van der Waals surface area contributed by atoms with Crippen molar-refractivity contribution in [1.29, 1.82) is 0 Å². The molecular formula is C30H32F2N8O6S2. The van der Waals surface area contributed by atoms with Gasteiger partial charge in [-0.25, -0.2) is 22.8 Å². The van der Waals surface area contributed by atoms with E-state index >= 15 is 8.78 Å². The second-order valence-corrected chi connectivity index (χ2v) is 15.0. The monoisotopic (exact) mass is 702 g/mol. The van der Waals surface area contributed by atoms with Crippen molar-refractivity contribution in [2.75, 3.05) is 30.4 Å². The van der Waals surface area contributed by atoms with Gasteiger partial charge in [0.15, 0.2) is 32.4 Å². The maximum Gasteiger partial charge on any atom is 0.305 e. The summed E-state index contributed by atoms with van der Waals surface area (Å²) in [6.07, 6.45) is 0.650. The number of nitro groups is 1. The third-order valence-corrected chi connectivity index (χ3v) is 11.1. The third kappa shape index (κ3) is 6.75. The highest BCUT2D eigenvalue weighted by atomic mass is 32.2. The number of H-pyrrole nitrogens is 1. The number of hydrogen-bond acceptors (Lipinski definition) is 12. The summed E-state index contributed by atoms with van der Waals surface area (Å²) in [6.45, 7) is 6.62. The van der Waals surface area contributed by atoms with E-state index in [1.54, 1.807) is 6.07 Å². The van der Waals surface area contributed by atoms with Gasteiger partial charge >= 0.3 is 5.69 Å². The predicted octanol–water partition coefficient (Wildman–Crippen LogP) is 5.02. The fraction of sp³-hybridized carbons (Fsp3) is 0.333. The largest absolute Gasteiger partial charge is 0.490 e. The Bertz CT molecular complexity index is 2010. The van der Waals surface area contributed by atoms with E-state index in [0.717, 1.165) is 35.7 Å². The molecule has 1 aliphatic heterocycles. The summed E-state index contributed by atoms with van der Waals surface area (Å²) in [5.41, 5.74) is -0.514. The van der Waals surface area contributed by atoms with Crippen LogP contribution in [0.5, 0.6) is 5.75 Å². The molecule has 18 heteroatoms. The number of rotatable bonds is 11. The van der Waals surface area contributed by atoms with Crippen molar-refractivity contribution < 1.29 is 31.7 Å². The first-order valence-electron chi connectivity index (χ1n) is 14.5. The number of ether oxygens (including phenoxy) is 1. The molecule has 1 aliphatic rings. The number of benzene rings is 2. The lowest BCUT2D eigenvalue weighted by Crippen LogP contribution is -2.35. The zero-order valence-electron chi connectivity index (χ0n) is 26.5. The highest BCUT2D eigenvalue weighted by Gasteiger charge is 2.41. The standard InChI is InChI=1S/C30H32F2N8O6S2/c1-16-13-24(38-37-16)34-27-26(46-5)28(39-12-11-18(15-39)33-17(2)41)36-29(35-27)47-23-10-9-19(14-21(23)31)48(44,45)30(3,4)20-7-6-8-22(25(20)32)40(42)43/h6-10,13-14,18H,11-12,15H2,1-5H3,(H,33,41)(H2,34,35,36,37,38). The molecule has 0 saturated carbocycles. The van der Waals surface area contributed by atoms with Crippen LogP contribution >= 0.6 is 11.8 Å². The molecule has 4 aromatic rings. The average molecular weight is 703 g/mol. The van der Waals surface area contributed by atoms with E-state index < -0.39 is 47.3 Å². The number of amides is 1. The number of aromatic amines is 1. The van der Waals surface area contributed by atoms with Crippen LogP contribution in [-0.2, 0) is 19.4 Å². The number of halogens is 2. The van der Waals surface area contributed by atoms with Crippen LogP contribution in [0.1, 0.15) is 38.4 Å². The Balaban J connectivity index is 1.50. The zero-order chi connectivity index (χ0) is 35.0. The summed E-state index contributed by atoms with van der Waals surface area (Å²) >= 11 is 0.831. The van der Waals surface area contributed by atoms with Crippen LogP contribution in [0, 0.1) is 28.7 Å². The Morgan fingerprint density at radius 3 is 2.58 bits per heavy atom. The van der Waals surface area contributed by atoms with Crippen LogP contribution in [0.2, 0.25) is 0 Å². The summed E-state index contributed by atoms with van der Waals surface area (Å²) in [7, 11) is -3.01. The number of hydrogen-bond donors (Lipinski definition) is 3. The van der Waals surface area contributed by atoms with Gasteiger partial charge in [0, 0.05) is 49.4 Å². The Hall–Kier alpha value is -4.84. The molecule has 5 rings (SSSR count). The number of anilines is 3. The molecular weight excluding hydrogens is 671 g/mol. The minimum Gasteiger partial charge on any atom is -0.490 e. The van der Waals surface area contributed by atoms with Crippen molar-refractivity contribution >= 4 is 50.6 Å². The van der Waals surface area contributed by atoms with Crippen molar-refractivity contribution in [3.8, 4) is 5.75 Å². The predicted molar refractivity (Wildman–Crippen MR) is 173 cm³/mol. The second kappa shape index (κ2) is 13.3. The highest BCUT2D eigenvalue weighted by Crippen LogP contribution is 2.42. The molecule has 0 aliphatic carbocycles. The number of nitrogens with zero attached hydrogens (tertiary/aromatic N) is 5. The Morgan fingerprint density at radius 1 is 1.21 bits per heavy atom. The summed E-state index contributed by atoms with van der Waals surface area (Å²) in [4.78, 5) is 32.6. The van der Waals surface area contributed by atoms with Gasteiger partial charge in [-0.3, -0.25) is 20.0 Å². The van der Waals surface area contributed by atoms with E-state index in [1.807, 2.05) is 11.8 Å². The van der Waals surface area contributed by atoms with E-state index in [4.69, 9.17) is 4.74 Å². The molecule has 3 heterocycles. The van der Waals surface area contributed by atoms with Crippen LogP contribution in [0.4, 0.5) is 31.9 Å². The van der Waals surface area contributed by atoms with Crippen molar-refractivity contribution in [2.24, 2.45) is 0 Å². The first kappa shape index (κ1) is 34.5. The lowest BCUT2D eigenvalue weighted by Gasteiger charge is -2.26. The molecule has 48 heavy (non-hydrogen) atoms. The molecule has 0 spiro atoms. The molecule has 254 valence electrons. The molecule has 1 saturated heterocycles. The molecule has 14 nitrogen and oxygen atoms in total. The second-order valence-electron chi connectivity index (χ2n) is 11.5. The van der Waals surface area contributed by atoms with Gasteiger partial charge in [0.2, 0.25) is 17.5 Å². The number of methoxy groups -OCH3 is 1. The number of nitro benzene ring substituents is 1. The Morgan fingerprint density at radius 2 is 1.96 bits per heavy atom. The smallest absolute Gasteiger partial charge is 0.305 e. The van der Waals surface area contributed by atoms with E-state index in [1.165, 1.54) is 46.1 Å². The molecule has 3 N–H and O–H groups in total. The van der Waals surface area contributed by atoms with Crippen LogP contribution in [0.3, 0.4) is 0 Å². The van der Waals surface area contributed by atoms with E-state index in [0.29, 0.717) is 36.9 Å². The Labute approximate surface area is 278 Å². The fourth-order valence-corrected chi connectivity index (χ4v) is 7.61. The van der Waals surface area contributed by atoms with Crippen LogP contribution in [0.15, 0.2) is 57.4 Å². The van der Waals surface area contributed by atoms with Gasteiger partial charge in [-0.2, -0.15) is 9.49 Å². The number of sulfone groups is 1. The molecule has 2 aromatic carbocycles. The third-order valence-electron chi connectivity index (χ3n) is 7.79. The fourth-order valence-electron chi connectivity index (χ4n) is 5.31. The first-order valence-corrected chi connectivity index (χ1v) is 16.8. The highest BCUT2D eigenvalue weighted by molar-refractivity contribution is 7.99. The number of carbonyl (C=O) groups excluding carboxylic acids is 1. The number of nitrogens with one attached hydrogen (secondary N) is 3. The van der Waals surface area contributed by atoms with Crippen LogP contribution in [0.25, 0.3) is 0 Å². The van der Waals surface area contributed by atoms with Gasteiger partial charge < -0.3 is 20.3 Å². The maximum atomic E-state index is 15.7. The SMILES string of the molecule is COc1c(Nc2cc(C)[nH]n2)nc(Sc2ccc(S(=O)(=O)C(C)(C)c3cccc([N+](=O)[O-])c3F)cc2F)nc1N1CCC(NC(C)=O)C1. The quantitative estimate of drug-likeness (QED) is 0.108. The van der Waals surface area contributed by atoms with Gasteiger partial charge in [-0.05, 0) is 57.2 Å². The van der Waals surface area contributed by atoms with Crippen molar-refractivity contribution in [1.82, 2.24) is 25.5 Å². The molecule has 1 unspecified atom stereocenters. The lowest BCUT2D eigenvalue weighted by atomic mass is 10.0. The van der Waals surface area contributed by atoms with E-state index in [-0.39, 0.29) is 27.8 Å². The average Bonchev–Trinajstić information content (AvgIpc) is 3.65. The van der Waals surface area contributed by atoms with E-state index in [2.05, 4.69) is 30.8 Å². The normalized spacial score (nSPS) is 15.0. The maximum absolute atomic E-state index is 15.7. The molecule has 1 atom stereocenters. The van der Waals surface area contributed by atoms with Gasteiger partial charge in [-0.1, -0.05) is 12.1 Å². The number of carbonyl (C=O) groups is 1. The summed E-state index contributed by atoms with van der Waals surface area (Å²) in [5, 5.41) is 24.4. The van der Waals surface area contributed by atoms with Gasteiger partial charge in [-0.15, -0.1) is 0 Å². The van der Waals surface area contributed by atoms with Gasteiger partial charge in [0.25, 0.3) is 0 Å². The summed E-state index contributed by atoms with van der Waals surface area (Å²) in [5.74, 6) is -1.01. The molecule has 0 bridgehead atoms. The zero-order valence-corrected chi connectivity index (χ0v) is 28.1. The van der Waals surface area contributed by atoms with Crippen molar-refractivity contribution in [3.05, 3.63) is 75.5 Å². The van der Waals surface area contributed by atoms with Gasteiger partial charge in [0.05, 0.1) is 26.6 Å². The lowest BCUT2D eigenvalue weighted by molar-refractivity contribution is -0.387. The number of aryl methyl sites for hydroxylation is 1. The molecule has 1 fully saturated rings. The minimum absolute atomic E-state index is 0.0106.